The molecule has 0 aliphatic heterocycles. The van der Waals surface area contributed by atoms with Gasteiger partial charge in [-0.05, 0) is 32.5 Å². The summed E-state index contributed by atoms with van der Waals surface area (Å²) in [5.41, 5.74) is 1.00. The third kappa shape index (κ3) is 2.52. The van der Waals surface area contributed by atoms with Gasteiger partial charge in [0.05, 0.1) is 17.8 Å². The van der Waals surface area contributed by atoms with Gasteiger partial charge in [-0.15, -0.1) is 0 Å². The first-order valence-electron chi connectivity index (χ1n) is 9.67. The number of aliphatic hydroxyl groups is 3. The summed E-state index contributed by atoms with van der Waals surface area (Å²) in [4.78, 5) is 43.8. The van der Waals surface area contributed by atoms with Gasteiger partial charge in [-0.3, -0.25) is 24.3 Å². The van der Waals surface area contributed by atoms with E-state index in [0.29, 0.717) is 5.56 Å². The Morgan fingerprint density at radius 2 is 1.87 bits per heavy atom. The fourth-order valence-electron chi connectivity index (χ4n) is 5.47. The molecule has 4 rings (SSSR count). The predicted octanol–water partition coefficient (Wildman–Crippen LogP) is -0.0943. The number of allylic oxidation sites excluding steroid dienone is 1. The fraction of sp³-hybridized carbons (Fsp3) is 0.429. The Morgan fingerprint density at radius 1 is 1.23 bits per heavy atom. The molecule has 6 N–H and O–H groups in total. The molecule has 1 amide bonds. The number of hydrogen-bond acceptors (Lipinski definition) is 9. The SMILES string of the molecule is CN(C)C1C(O)=C(C(N)=O)C(=O)[C@@]2(O)C(O)=C3C(=O)c4c(O)cncc4C[C@@]3(C)C[C@@H]12. The van der Waals surface area contributed by atoms with Crippen LogP contribution in [0.3, 0.4) is 0 Å². The summed E-state index contributed by atoms with van der Waals surface area (Å²) in [6.07, 6.45) is 2.76. The van der Waals surface area contributed by atoms with Gasteiger partial charge in [0, 0.05) is 23.1 Å². The lowest BCUT2D eigenvalue weighted by Crippen LogP contribution is -2.65. The summed E-state index contributed by atoms with van der Waals surface area (Å²) in [6.45, 7) is 1.70. The van der Waals surface area contributed by atoms with Crippen LogP contribution < -0.4 is 5.73 Å². The number of hydrogen-bond donors (Lipinski definition) is 5. The molecule has 0 radical (unpaired) electrons. The van der Waals surface area contributed by atoms with E-state index in [4.69, 9.17) is 5.73 Å². The van der Waals surface area contributed by atoms with Gasteiger partial charge < -0.3 is 26.2 Å². The lowest BCUT2D eigenvalue weighted by molar-refractivity contribution is -0.150. The number of aliphatic hydroxyl groups excluding tert-OH is 2. The number of rotatable bonds is 2. The third-order valence-electron chi connectivity index (χ3n) is 6.74. The molecule has 0 spiro atoms. The molecule has 1 aromatic heterocycles. The maximum atomic E-state index is 13.3. The van der Waals surface area contributed by atoms with Crippen LogP contribution in [0.15, 0.2) is 35.1 Å². The van der Waals surface area contributed by atoms with E-state index in [2.05, 4.69) is 4.98 Å². The first-order valence-corrected chi connectivity index (χ1v) is 9.67. The van der Waals surface area contributed by atoms with E-state index in [0.717, 1.165) is 6.20 Å². The number of aromatic nitrogens is 1. The summed E-state index contributed by atoms with van der Waals surface area (Å²) in [7, 11) is 3.16. The highest BCUT2D eigenvalue weighted by atomic mass is 16.3. The van der Waals surface area contributed by atoms with Gasteiger partial charge in [0.15, 0.2) is 11.4 Å². The molecule has 1 aromatic rings. The van der Waals surface area contributed by atoms with Crippen molar-refractivity contribution in [3.8, 4) is 5.75 Å². The number of primary amides is 1. The molecule has 0 fully saturated rings. The molecule has 10 heteroatoms. The first-order chi connectivity index (χ1) is 14.4. The molecular weight excluding hydrogens is 406 g/mol. The number of pyridine rings is 1. The summed E-state index contributed by atoms with van der Waals surface area (Å²) in [6, 6.07) is -1.02. The molecule has 0 aromatic carbocycles. The standard InChI is InChI=1S/C21H23N3O7/c1-20-4-8-6-23-7-10(25)11(8)15(26)13(20)18(29)21(31)9(5-20)14(24(2)3)16(27)12(17(21)28)19(22)30/h6-7,9,14,25,27,29,31H,4-5H2,1-3H3,(H2,22,30)/t9-,14?,20-,21+/m0/s1. The molecule has 0 saturated heterocycles. The molecule has 10 nitrogen and oxygen atoms in total. The van der Waals surface area contributed by atoms with Crippen molar-refractivity contribution in [2.45, 2.75) is 31.4 Å². The van der Waals surface area contributed by atoms with Crippen molar-refractivity contribution in [2.75, 3.05) is 14.1 Å². The van der Waals surface area contributed by atoms with Gasteiger partial charge in [0.2, 0.25) is 5.78 Å². The minimum Gasteiger partial charge on any atom is -0.510 e. The Labute approximate surface area is 177 Å². The highest BCUT2D eigenvalue weighted by Crippen LogP contribution is 2.57. The van der Waals surface area contributed by atoms with Crippen LogP contribution in [0, 0.1) is 11.3 Å². The predicted molar refractivity (Wildman–Crippen MR) is 106 cm³/mol. The average molecular weight is 429 g/mol. The lowest BCUT2D eigenvalue weighted by atomic mass is 9.53. The quantitative estimate of drug-likeness (QED) is 0.402. The highest BCUT2D eigenvalue weighted by molar-refractivity contribution is 6.24. The van der Waals surface area contributed by atoms with E-state index in [-0.39, 0.29) is 29.7 Å². The maximum Gasteiger partial charge on any atom is 0.255 e. The van der Waals surface area contributed by atoms with Gasteiger partial charge in [0.1, 0.15) is 22.8 Å². The first kappa shape index (κ1) is 21.0. The van der Waals surface area contributed by atoms with E-state index in [9.17, 15) is 34.8 Å². The second-order valence-corrected chi connectivity index (χ2v) is 8.92. The van der Waals surface area contributed by atoms with Crippen molar-refractivity contribution in [2.24, 2.45) is 17.1 Å². The summed E-state index contributed by atoms with van der Waals surface area (Å²) in [5, 5.41) is 43.6. The van der Waals surface area contributed by atoms with Crippen LogP contribution in [0.25, 0.3) is 0 Å². The molecule has 0 saturated carbocycles. The molecule has 1 heterocycles. The van der Waals surface area contributed by atoms with Crippen molar-refractivity contribution in [3.05, 3.63) is 46.2 Å². The number of nitrogens with zero attached hydrogens (tertiary/aromatic N) is 2. The summed E-state index contributed by atoms with van der Waals surface area (Å²) < 4.78 is 0. The van der Waals surface area contributed by atoms with Crippen LogP contribution in [0.4, 0.5) is 0 Å². The van der Waals surface area contributed by atoms with Crippen molar-refractivity contribution < 1.29 is 34.8 Å². The number of carbonyl (C=O) groups excluding carboxylic acids is 3. The second kappa shape index (κ2) is 6.38. The zero-order valence-corrected chi connectivity index (χ0v) is 17.2. The summed E-state index contributed by atoms with van der Waals surface area (Å²) in [5.74, 6) is -6.18. The Bertz CT molecular complexity index is 1120. The van der Waals surface area contributed by atoms with Crippen molar-refractivity contribution >= 4 is 17.5 Å². The smallest absolute Gasteiger partial charge is 0.255 e. The monoisotopic (exact) mass is 429 g/mol. The molecule has 3 aliphatic carbocycles. The minimum atomic E-state index is -2.64. The fourth-order valence-corrected chi connectivity index (χ4v) is 5.47. The normalized spacial score (nSPS) is 32.7. The lowest BCUT2D eigenvalue weighted by Gasteiger charge is -2.53. The maximum absolute atomic E-state index is 13.3. The van der Waals surface area contributed by atoms with Crippen molar-refractivity contribution in [3.63, 3.8) is 0 Å². The van der Waals surface area contributed by atoms with E-state index >= 15 is 0 Å². The van der Waals surface area contributed by atoms with Crippen LogP contribution in [0.2, 0.25) is 0 Å². The van der Waals surface area contributed by atoms with Crippen LogP contribution in [-0.4, -0.2) is 73.5 Å². The van der Waals surface area contributed by atoms with E-state index < -0.39 is 57.5 Å². The van der Waals surface area contributed by atoms with E-state index in [1.54, 1.807) is 21.0 Å². The van der Waals surface area contributed by atoms with Gasteiger partial charge in [-0.2, -0.15) is 0 Å². The Balaban J connectivity index is 2.02. The number of fused-ring (bicyclic) bond motifs is 3. The third-order valence-corrected chi connectivity index (χ3v) is 6.74. The summed E-state index contributed by atoms with van der Waals surface area (Å²) >= 11 is 0. The van der Waals surface area contributed by atoms with Crippen molar-refractivity contribution in [1.29, 1.82) is 0 Å². The van der Waals surface area contributed by atoms with Gasteiger partial charge in [0.25, 0.3) is 5.91 Å². The highest BCUT2D eigenvalue weighted by Gasteiger charge is 2.65. The number of ketones is 2. The van der Waals surface area contributed by atoms with Gasteiger partial charge in [-0.1, -0.05) is 6.92 Å². The zero-order valence-electron chi connectivity index (χ0n) is 17.2. The second-order valence-electron chi connectivity index (χ2n) is 8.92. The Kier molecular flexibility index (Phi) is 4.32. The molecule has 0 bridgehead atoms. The molecule has 4 atom stereocenters. The Hall–Kier alpha value is -3.24. The van der Waals surface area contributed by atoms with Crippen LogP contribution in [0.1, 0.15) is 29.3 Å². The van der Waals surface area contributed by atoms with Crippen LogP contribution in [0.5, 0.6) is 5.75 Å². The van der Waals surface area contributed by atoms with Crippen LogP contribution in [-0.2, 0) is 16.0 Å². The topological polar surface area (TPSA) is 174 Å². The molecule has 1 unspecified atom stereocenters. The molecular formula is C21H23N3O7. The van der Waals surface area contributed by atoms with Crippen LogP contribution >= 0.6 is 0 Å². The Morgan fingerprint density at radius 3 is 2.45 bits per heavy atom. The number of carbonyl (C=O) groups is 3. The number of nitrogens with two attached hydrogens (primary N) is 1. The minimum absolute atomic E-state index is 0.0222. The molecule has 164 valence electrons. The molecule has 31 heavy (non-hydrogen) atoms. The van der Waals surface area contributed by atoms with Crippen molar-refractivity contribution in [1.82, 2.24) is 9.88 Å². The number of likely N-dealkylation sites (N-methyl/N-ethyl adjacent to an activating group) is 1. The molecule has 3 aliphatic rings. The number of amides is 1. The van der Waals surface area contributed by atoms with E-state index in [1.807, 2.05) is 0 Å². The largest absolute Gasteiger partial charge is 0.510 e. The number of aromatic hydroxyl groups is 1. The van der Waals surface area contributed by atoms with Gasteiger partial charge >= 0.3 is 0 Å². The number of Topliss-reactive ketones (excluding diaryl/α,β-unsaturated/α-hetero) is 2. The average Bonchev–Trinajstić information content (AvgIpc) is 2.64. The van der Waals surface area contributed by atoms with E-state index in [1.165, 1.54) is 11.1 Å². The zero-order chi connectivity index (χ0) is 23.0. The van der Waals surface area contributed by atoms with Gasteiger partial charge in [-0.25, -0.2) is 0 Å².